The molecule has 2 amide bonds. The van der Waals surface area contributed by atoms with E-state index in [-0.39, 0.29) is 12.1 Å². The maximum absolute atomic E-state index is 11.9. The van der Waals surface area contributed by atoms with E-state index < -0.39 is 0 Å². The number of carbonyl (C=O) groups excluding carboxylic acids is 1. The van der Waals surface area contributed by atoms with Crippen molar-refractivity contribution in [2.45, 2.75) is 19.9 Å². The van der Waals surface area contributed by atoms with E-state index in [9.17, 15) is 4.79 Å². The van der Waals surface area contributed by atoms with Crippen LogP contribution in [0.5, 0.6) is 5.75 Å². The summed E-state index contributed by atoms with van der Waals surface area (Å²) in [5.41, 5.74) is 1.76. The molecule has 0 aliphatic heterocycles. The number of halogens is 1. The van der Waals surface area contributed by atoms with Gasteiger partial charge in [0.15, 0.2) is 0 Å². The molecule has 1 atom stereocenters. The van der Waals surface area contributed by atoms with Gasteiger partial charge in [-0.1, -0.05) is 29.8 Å². The summed E-state index contributed by atoms with van der Waals surface area (Å²) in [6, 6.07) is 14.3. The second kappa shape index (κ2) is 7.71. The Morgan fingerprint density at radius 1 is 1.18 bits per heavy atom. The first-order valence-corrected chi connectivity index (χ1v) is 7.44. The van der Waals surface area contributed by atoms with Crippen molar-refractivity contribution in [3.05, 3.63) is 59.1 Å². The van der Waals surface area contributed by atoms with Gasteiger partial charge in [0, 0.05) is 10.7 Å². The van der Waals surface area contributed by atoms with Crippen LogP contribution in [0.2, 0.25) is 5.02 Å². The van der Waals surface area contributed by atoms with Crippen LogP contribution in [0.4, 0.5) is 10.5 Å². The lowest BCUT2D eigenvalue weighted by Crippen LogP contribution is -2.39. The quantitative estimate of drug-likeness (QED) is 0.866. The number of urea groups is 1. The van der Waals surface area contributed by atoms with E-state index >= 15 is 0 Å². The van der Waals surface area contributed by atoms with Crippen LogP contribution in [-0.4, -0.2) is 18.7 Å². The summed E-state index contributed by atoms with van der Waals surface area (Å²) in [6.07, 6.45) is 0. The van der Waals surface area contributed by atoms with Crippen LogP contribution in [-0.2, 0) is 0 Å². The number of aryl methyl sites for hydroxylation is 1. The van der Waals surface area contributed by atoms with Crippen molar-refractivity contribution < 1.29 is 9.53 Å². The largest absolute Gasteiger partial charge is 0.491 e. The number of ether oxygens (including phenoxy) is 1. The number of rotatable bonds is 5. The monoisotopic (exact) mass is 318 g/mol. The number of hydrogen-bond donors (Lipinski definition) is 2. The third-order valence-corrected chi connectivity index (χ3v) is 3.31. The Kier molecular flexibility index (Phi) is 5.67. The Bertz CT molecular complexity index is 629. The molecule has 0 bridgehead atoms. The van der Waals surface area contributed by atoms with Gasteiger partial charge in [-0.25, -0.2) is 4.79 Å². The Labute approximate surface area is 135 Å². The zero-order valence-corrected chi connectivity index (χ0v) is 13.4. The van der Waals surface area contributed by atoms with Crippen LogP contribution < -0.4 is 15.4 Å². The number of anilines is 1. The summed E-state index contributed by atoms with van der Waals surface area (Å²) in [6.45, 7) is 4.28. The number of para-hydroxylation sites is 1. The number of benzene rings is 2. The summed E-state index contributed by atoms with van der Waals surface area (Å²) in [7, 11) is 0. The second-order valence-electron chi connectivity index (χ2n) is 5.08. The van der Waals surface area contributed by atoms with Gasteiger partial charge in [0.2, 0.25) is 0 Å². The average Bonchev–Trinajstić information content (AvgIpc) is 2.49. The molecule has 1 unspecified atom stereocenters. The number of amides is 2. The van der Waals surface area contributed by atoms with E-state index in [0.29, 0.717) is 17.3 Å². The van der Waals surface area contributed by atoms with Crippen molar-refractivity contribution in [1.29, 1.82) is 0 Å². The molecule has 2 aromatic rings. The Morgan fingerprint density at radius 2 is 1.86 bits per heavy atom. The minimum atomic E-state index is -0.275. The predicted molar refractivity (Wildman–Crippen MR) is 89.7 cm³/mol. The molecule has 2 N–H and O–H groups in total. The molecule has 2 aromatic carbocycles. The molecule has 2 rings (SSSR count). The zero-order chi connectivity index (χ0) is 15.9. The van der Waals surface area contributed by atoms with Crippen LogP contribution in [0.15, 0.2) is 48.5 Å². The maximum atomic E-state index is 11.9. The molecule has 116 valence electrons. The van der Waals surface area contributed by atoms with Crippen LogP contribution in [0.25, 0.3) is 0 Å². The van der Waals surface area contributed by atoms with E-state index in [0.717, 1.165) is 11.3 Å². The first-order chi connectivity index (χ1) is 10.5. The predicted octanol–water partition coefficient (Wildman–Crippen LogP) is 4.24. The molecule has 0 saturated carbocycles. The molecule has 0 saturated heterocycles. The number of nitrogens with one attached hydrogen (secondary N) is 2. The highest BCUT2D eigenvalue weighted by Gasteiger charge is 2.09. The molecule has 22 heavy (non-hydrogen) atoms. The lowest BCUT2D eigenvalue weighted by Gasteiger charge is -2.16. The van der Waals surface area contributed by atoms with Crippen LogP contribution in [0, 0.1) is 6.92 Å². The number of hydrogen-bond acceptors (Lipinski definition) is 2. The second-order valence-corrected chi connectivity index (χ2v) is 5.52. The molecular formula is C17H19ClN2O2. The number of carbonyl (C=O) groups is 1. The van der Waals surface area contributed by atoms with Crippen molar-refractivity contribution in [2.24, 2.45) is 0 Å². The van der Waals surface area contributed by atoms with Gasteiger partial charge in [-0.15, -0.1) is 0 Å². The molecular weight excluding hydrogens is 300 g/mol. The van der Waals surface area contributed by atoms with E-state index in [1.165, 1.54) is 0 Å². The van der Waals surface area contributed by atoms with E-state index in [1.807, 2.05) is 38.1 Å². The highest BCUT2D eigenvalue weighted by molar-refractivity contribution is 6.30. The minimum absolute atomic E-state index is 0.119. The highest BCUT2D eigenvalue weighted by Crippen LogP contribution is 2.16. The van der Waals surface area contributed by atoms with Gasteiger partial charge in [-0.3, -0.25) is 0 Å². The Balaban J connectivity index is 1.79. The molecule has 0 aliphatic rings. The summed E-state index contributed by atoms with van der Waals surface area (Å²) in [5.74, 6) is 0.828. The fraction of sp³-hybridized carbons (Fsp3) is 0.235. The van der Waals surface area contributed by atoms with Crippen molar-refractivity contribution in [2.75, 3.05) is 11.9 Å². The Hall–Kier alpha value is -2.20. The third kappa shape index (κ3) is 4.97. The maximum Gasteiger partial charge on any atom is 0.319 e. The van der Waals surface area contributed by atoms with Crippen molar-refractivity contribution in [3.63, 3.8) is 0 Å². The molecule has 0 heterocycles. The third-order valence-electron chi connectivity index (χ3n) is 3.06. The molecule has 0 aromatic heterocycles. The van der Waals surface area contributed by atoms with E-state index in [1.54, 1.807) is 24.3 Å². The van der Waals surface area contributed by atoms with Gasteiger partial charge in [0.25, 0.3) is 0 Å². The molecule has 0 fully saturated rings. The van der Waals surface area contributed by atoms with Crippen LogP contribution >= 0.6 is 11.6 Å². The highest BCUT2D eigenvalue weighted by atomic mass is 35.5. The fourth-order valence-corrected chi connectivity index (χ4v) is 2.02. The molecule has 5 heteroatoms. The van der Waals surface area contributed by atoms with Crippen molar-refractivity contribution in [3.8, 4) is 5.75 Å². The van der Waals surface area contributed by atoms with E-state index in [4.69, 9.17) is 16.3 Å². The summed E-state index contributed by atoms with van der Waals surface area (Å²) >= 11 is 5.80. The zero-order valence-electron chi connectivity index (χ0n) is 12.6. The lowest BCUT2D eigenvalue weighted by molar-refractivity contribution is 0.236. The Morgan fingerprint density at radius 3 is 2.55 bits per heavy atom. The van der Waals surface area contributed by atoms with Crippen LogP contribution in [0.3, 0.4) is 0 Å². The van der Waals surface area contributed by atoms with E-state index in [2.05, 4.69) is 10.6 Å². The first kappa shape index (κ1) is 16.2. The molecule has 0 spiro atoms. The topological polar surface area (TPSA) is 50.4 Å². The average molecular weight is 319 g/mol. The lowest BCUT2D eigenvalue weighted by atomic mass is 10.2. The van der Waals surface area contributed by atoms with Gasteiger partial charge in [-0.2, -0.15) is 0 Å². The molecule has 0 radical (unpaired) electrons. The first-order valence-electron chi connectivity index (χ1n) is 7.06. The normalized spacial score (nSPS) is 11.6. The van der Waals surface area contributed by atoms with Gasteiger partial charge < -0.3 is 15.4 Å². The summed E-state index contributed by atoms with van der Waals surface area (Å²) in [5, 5.41) is 6.20. The molecule has 4 nitrogen and oxygen atoms in total. The van der Waals surface area contributed by atoms with Gasteiger partial charge in [0.1, 0.15) is 12.4 Å². The SMILES string of the molecule is Cc1ccccc1OCC(C)NC(=O)Nc1ccc(Cl)cc1. The fourth-order valence-electron chi connectivity index (χ4n) is 1.90. The minimum Gasteiger partial charge on any atom is -0.491 e. The van der Waals surface area contributed by atoms with Gasteiger partial charge >= 0.3 is 6.03 Å². The standard InChI is InChI=1S/C17H19ClN2O2/c1-12-5-3-4-6-16(12)22-11-13(2)19-17(21)20-15-9-7-14(18)8-10-15/h3-10,13H,11H2,1-2H3,(H2,19,20,21). The van der Waals surface area contributed by atoms with Gasteiger partial charge in [0.05, 0.1) is 6.04 Å². The van der Waals surface area contributed by atoms with Crippen LogP contribution in [0.1, 0.15) is 12.5 Å². The molecule has 0 aliphatic carbocycles. The van der Waals surface area contributed by atoms with Crippen molar-refractivity contribution >= 4 is 23.3 Å². The smallest absolute Gasteiger partial charge is 0.319 e. The summed E-state index contributed by atoms with van der Waals surface area (Å²) in [4.78, 5) is 11.9. The van der Waals surface area contributed by atoms with Gasteiger partial charge in [-0.05, 0) is 49.7 Å². The summed E-state index contributed by atoms with van der Waals surface area (Å²) < 4.78 is 5.71. The van der Waals surface area contributed by atoms with Crippen molar-refractivity contribution in [1.82, 2.24) is 5.32 Å².